The molecule has 4 aliphatic carbocycles. The lowest BCUT2D eigenvalue weighted by Gasteiger charge is -2.60. The predicted molar refractivity (Wildman–Crippen MR) is 108 cm³/mol. The van der Waals surface area contributed by atoms with Crippen LogP contribution < -0.4 is 5.73 Å². The highest BCUT2D eigenvalue weighted by Crippen LogP contribution is 2.58. The lowest BCUT2D eigenvalue weighted by Crippen LogP contribution is -2.63. The van der Waals surface area contributed by atoms with E-state index in [1.165, 1.54) is 19.3 Å². The van der Waals surface area contributed by atoms with Gasteiger partial charge in [-0.2, -0.15) is 0 Å². The van der Waals surface area contributed by atoms with E-state index in [2.05, 4.69) is 0 Å². The number of hydrogen-bond donors (Lipinski definition) is 2. The van der Waals surface area contributed by atoms with Gasteiger partial charge >= 0.3 is 12.0 Å². The van der Waals surface area contributed by atoms with Crippen molar-refractivity contribution in [3.63, 3.8) is 0 Å². The first-order valence-corrected chi connectivity index (χ1v) is 11.4. The Bertz CT molecular complexity index is 621. The molecule has 1 aliphatic heterocycles. The molecule has 4 saturated carbocycles. The van der Waals surface area contributed by atoms with Gasteiger partial charge in [-0.1, -0.05) is 0 Å². The fraction of sp³-hybridized carbons (Fsp3) is 0.864. The van der Waals surface area contributed by atoms with Crippen molar-refractivity contribution in [2.45, 2.75) is 76.2 Å². The average Bonchev–Trinajstić information content (AvgIpc) is 2.64. The highest BCUT2D eigenvalue weighted by Gasteiger charge is 2.54. The van der Waals surface area contributed by atoms with Gasteiger partial charge in [0.05, 0.1) is 0 Å². The van der Waals surface area contributed by atoms with Crippen molar-refractivity contribution in [3.8, 4) is 0 Å². The Kier molecular flexibility index (Phi) is 5.76. The number of nitrogens with zero attached hydrogens (tertiary/aromatic N) is 2. The van der Waals surface area contributed by atoms with Crippen LogP contribution >= 0.6 is 0 Å². The van der Waals surface area contributed by atoms with E-state index in [4.69, 9.17) is 10.8 Å². The Balaban J connectivity index is 1.31. The SMILES string of the molecule is NC(=O)N(CC1CCN(C(=O)CCCC(=O)O)CC1)C12CC3CC(CC(C3)C1)C2. The summed E-state index contributed by atoms with van der Waals surface area (Å²) in [6.45, 7) is 2.12. The van der Waals surface area contributed by atoms with Gasteiger partial charge in [-0.05, 0) is 81.5 Å². The summed E-state index contributed by atoms with van der Waals surface area (Å²) < 4.78 is 0. The standard InChI is InChI=1S/C22H35N3O4/c23-21(29)25(22-11-16-8-17(12-22)10-18(9-16)13-22)14-15-4-6-24(7-5-15)19(26)2-1-3-20(27)28/h15-18H,1-14H2,(H2,23,29)(H,27,28). The van der Waals surface area contributed by atoms with Crippen molar-refractivity contribution in [3.05, 3.63) is 0 Å². The van der Waals surface area contributed by atoms with Crippen molar-refractivity contribution >= 4 is 17.9 Å². The summed E-state index contributed by atoms with van der Waals surface area (Å²) in [6.07, 6.45) is 9.93. The molecule has 0 spiro atoms. The van der Waals surface area contributed by atoms with Crippen LogP contribution in [0.4, 0.5) is 4.79 Å². The van der Waals surface area contributed by atoms with Crippen LogP contribution in [0.1, 0.15) is 70.6 Å². The first kappa shape index (κ1) is 20.5. The third-order valence-corrected chi connectivity index (χ3v) is 8.03. The third kappa shape index (κ3) is 4.38. The number of carboxylic acid groups (broad SMARTS) is 1. The Morgan fingerprint density at radius 1 is 0.966 bits per heavy atom. The van der Waals surface area contributed by atoms with E-state index in [0.717, 1.165) is 56.4 Å². The maximum absolute atomic E-state index is 12.5. The topological polar surface area (TPSA) is 104 Å². The van der Waals surface area contributed by atoms with Gasteiger partial charge in [0.25, 0.3) is 0 Å². The minimum absolute atomic E-state index is 0.00955. The van der Waals surface area contributed by atoms with Crippen LogP contribution in [-0.4, -0.2) is 58.0 Å². The molecule has 0 unspecified atom stereocenters. The van der Waals surface area contributed by atoms with Crippen LogP contribution in [0.15, 0.2) is 0 Å². The Labute approximate surface area is 173 Å². The number of piperidine rings is 1. The molecule has 0 atom stereocenters. The summed E-state index contributed by atoms with van der Waals surface area (Å²) in [7, 11) is 0. The van der Waals surface area contributed by atoms with Gasteiger partial charge in [0.15, 0.2) is 0 Å². The van der Waals surface area contributed by atoms with Crippen LogP contribution in [0.5, 0.6) is 0 Å². The molecule has 5 fully saturated rings. The predicted octanol–water partition coefficient (Wildman–Crippen LogP) is 2.83. The summed E-state index contributed by atoms with van der Waals surface area (Å²) >= 11 is 0. The number of rotatable bonds is 7. The van der Waals surface area contributed by atoms with Crippen molar-refractivity contribution in [1.82, 2.24) is 9.80 Å². The number of urea groups is 1. The van der Waals surface area contributed by atoms with Crippen LogP contribution in [-0.2, 0) is 9.59 Å². The molecule has 1 heterocycles. The van der Waals surface area contributed by atoms with Crippen LogP contribution in [0.3, 0.4) is 0 Å². The maximum atomic E-state index is 12.5. The van der Waals surface area contributed by atoms with E-state index in [-0.39, 0.29) is 23.9 Å². The number of amides is 3. The van der Waals surface area contributed by atoms with Gasteiger partial charge in [0.1, 0.15) is 0 Å². The van der Waals surface area contributed by atoms with E-state index in [1.807, 2.05) is 9.80 Å². The molecule has 5 rings (SSSR count). The molecule has 7 nitrogen and oxygen atoms in total. The number of carboxylic acids is 1. The summed E-state index contributed by atoms with van der Waals surface area (Å²) in [5, 5.41) is 8.72. The molecule has 3 amide bonds. The second-order valence-corrected chi connectivity index (χ2v) is 10.2. The van der Waals surface area contributed by atoms with Gasteiger partial charge < -0.3 is 20.6 Å². The molecule has 7 heteroatoms. The van der Waals surface area contributed by atoms with Crippen molar-refractivity contribution in [2.75, 3.05) is 19.6 Å². The molecular formula is C22H35N3O4. The number of nitrogens with two attached hydrogens (primary N) is 1. The number of likely N-dealkylation sites (tertiary alicyclic amines) is 1. The first-order valence-electron chi connectivity index (χ1n) is 11.4. The Hall–Kier alpha value is -1.79. The zero-order chi connectivity index (χ0) is 20.6. The molecule has 0 aromatic rings. The van der Waals surface area contributed by atoms with Crippen molar-refractivity contribution in [1.29, 1.82) is 0 Å². The molecule has 0 aromatic heterocycles. The quantitative estimate of drug-likeness (QED) is 0.679. The highest BCUT2D eigenvalue weighted by atomic mass is 16.4. The molecule has 0 radical (unpaired) electrons. The lowest BCUT2D eigenvalue weighted by atomic mass is 9.52. The summed E-state index contributed by atoms with van der Waals surface area (Å²) in [4.78, 5) is 39.3. The second kappa shape index (κ2) is 8.15. The largest absolute Gasteiger partial charge is 0.481 e. The lowest BCUT2D eigenvalue weighted by molar-refractivity contribution is -0.137. The smallest absolute Gasteiger partial charge is 0.315 e. The minimum atomic E-state index is -0.854. The van der Waals surface area contributed by atoms with Crippen LogP contribution in [0.25, 0.3) is 0 Å². The molecule has 3 N–H and O–H groups in total. The molecule has 0 aromatic carbocycles. The molecule has 1 saturated heterocycles. The average molecular weight is 406 g/mol. The molecular weight excluding hydrogens is 370 g/mol. The molecule has 4 bridgehead atoms. The fourth-order valence-electron chi connectivity index (χ4n) is 7.08. The van der Waals surface area contributed by atoms with Crippen LogP contribution in [0, 0.1) is 23.7 Å². The van der Waals surface area contributed by atoms with E-state index >= 15 is 0 Å². The number of carbonyl (C=O) groups excluding carboxylic acids is 2. The highest BCUT2D eigenvalue weighted by molar-refractivity contribution is 5.77. The second-order valence-electron chi connectivity index (χ2n) is 10.2. The fourth-order valence-corrected chi connectivity index (χ4v) is 7.08. The normalized spacial score (nSPS) is 33.7. The Morgan fingerprint density at radius 2 is 1.52 bits per heavy atom. The zero-order valence-corrected chi connectivity index (χ0v) is 17.4. The zero-order valence-electron chi connectivity index (χ0n) is 17.4. The number of primary amides is 1. The van der Waals surface area contributed by atoms with Crippen molar-refractivity contribution in [2.24, 2.45) is 29.4 Å². The van der Waals surface area contributed by atoms with Gasteiger partial charge in [0, 0.05) is 38.0 Å². The van der Waals surface area contributed by atoms with Gasteiger partial charge in [-0.25, -0.2) is 4.79 Å². The minimum Gasteiger partial charge on any atom is -0.481 e. The van der Waals surface area contributed by atoms with E-state index in [0.29, 0.717) is 31.8 Å². The van der Waals surface area contributed by atoms with E-state index in [9.17, 15) is 14.4 Å². The van der Waals surface area contributed by atoms with Crippen LogP contribution in [0.2, 0.25) is 0 Å². The summed E-state index contributed by atoms with van der Waals surface area (Å²) in [6, 6.07) is -0.265. The van der Waals surface area contributed by atoms with E-state index < -0.39 is 5.97 Å². The van der Waals surface area contributed by atoms with E-state index in [1.54, 1.807) is 0 Å². The summed E-state index contributed by atoms with van der Waals surface area (Å²) in [5.74, 6) is 1.90. The van der Waals surface area contributed by atoms with Gasteiger partial charge in [-0.3, -0.25) is 9.59 Å². The Morgan fingerprint density at radius 3 is 2.00 bits per heavy atom. The number of carbonyl (C=O) groups is 3. The van der Waals surface area contributed by atoms with Gasteiger partial charge in [0.2, 0.25) is 5.91 Å². The molecule has 5 aliphatic rings. The monoisotopic (exact) mass is 405 g/mol. The van der Waals surface area contributed by atoms with Gasteiger partial charge in [-0.15, -0.1) is 0 Å². The third-order valence-electron chi connectivity index (χ3n) is 8.03. The maximum Gasteiger partial charge on any atom is 0.315 e. The summed E-state index contributed by atoms with van der Waals surface area (Å²) in [5.41, 5.74) is 5.90. The molecule has 162 valence electrons. The number of aliphatic carboxylic acids is 1. The molecule has 29 heavy (non-hydrogen) atoms. The van der Waals surface area contributed by atoms with Crippen molar-refractivity contribution < 1.29 is 19.5 Å². The number of hydrogen-bond acceptors (Lipinski definition) is 3. The first-order chi connectivity index (χ1) is 13.8.